The molecule has 1 unspecified atom stereocenters. The highest BCUT2D eigenvalue weighted by Crippen LogP contribution is 2.24. The van der Waals surface area contributed by atoms with Crippen molar-refractivity contribution in [2.24, 2.45) is 0 Å². The maximum atomic E-state index is 10.5. The topological polar surface area (TPSA) is 53.4 Å². The number of carboxylic acid groups (broad SMARTS) is 1. The van der Waals surface area contributed by atoms with E-state index in [1.807, 2.05) is 27.2 Å². The van der Waals surface area contributed by atoms with E-state index in [2.05, 4.69) is 9.88 Å². The van der Waals surface area contributed by atoms with Crippen LogP contribution in [0.4, 0.5) is 0 Å². The van der Waals surface area contributed by atoms with E-state index in [-0.39, 0.29) is 12.3 Å². The van der Waals surface area contributed by atoms with Gasteiger partial charge in [0.05, 0.1) is 11.4 Å². The van der Waals surface area contributed by atoms with Crippen molar-refractivity contribution in [2.75, 3.05) is 14.1 Å². The minimum Gasteiger partial charge on any atom is -0.481 e. The Kier molecular flexibility index (Phi) is 4.23. The van der Waals surface area contributed by atoms with Crippen LogP contribution >= 0.6 is 11.3 Å². The van der Waals surface area contributed by atoms with Crippen LogP contribution in [0.25, 0.3) is 0 Å². The Morgan fingerprint density at radius 1 is 1.67 bits per heavy atom. The molecule has 1 N–H and O–H groups in total. The lowest BCUT2D eigenvalue weighted by molar-refractivity contribution is -0.137. The van der Waals surface area contributed by atoms with Gasteiger partial charge in [-0.3, -0.25) is 4.79 Å². The van der Waals surface area contributed by atoms with E-state index < -0.39 is 5.97 Å². The predicted octanol–water partition coefficient (Wildman–Crippen LogP) is 1.78. The van der Waals surface area contributed by atoms with Gasteiger partial charge in [-0.1, -0.05) is 6.92 Å². The van der Waals surface area contributed by atoms with Crippen molar-refractivity contribution in [1.29, 1.82) is 0 Å². The highest BCUT2D eigenvalue weighted by Gasteiger charge is 2.14. The summed E-state index contributed by atoms with van der Waals surface area (Å²) in [7, 11) is 4.00. The van der Waals surface area contributed by atoms with E-state index in [0.29, 0.717) is 0 Å². The van der Waals surface area contributed by atoms with Crippen LogP contribution in [-0.2, 0) is 11.3 Å². The zero-order valence-corrected chi connectivity index (χ0v) is 10.0. The Labute approximate surface area is 93.6 Å². The largest absolute Gasteiger partial charge is 0.481 e. The number of hydrogen-bond acceptors (Lipinski definition) is 4. The van der Waals surface area contributed by atoms with Gasteiger partial charge < -0.3 is 10.0 Å². The van der Waals surface area contributed by atoms with Crippen molar-refractivity contribution in [3.63, 3.8) is 0 Å². The van der Waals surface area contributed by atoms with Crippen LogP contribution in [0.15, 0.2) is 6.20 Å². The molecule has 5 heteroatoms. The second-order valence-electron chi connectivity index (χ2n) is 3.90. The summed E-state index contributed by atoms with van der Waals surface area (Å²) in [5, 5.41) is 9.58. The van der Waals surface area contributed by atoms with E-state index >= 15 is 0 Å². The molecule has 0 aromatic carbocycles. The summed E-state index contributed by atoms with van der Waals surface area (Å²) in [6.45, 7) is 2.75. The maximum absolute atomic E-state index is 10.5. The quantitative estimate of drug-likeness (QED) is 0.834. The smallest absolute Gasteiger partial charge is 0.304 e. The third-order valence-electron chi connectivity index (χ3n) is 1.95. The Hall–Kier alpha value is -0.940. The molecule has 0 aliphatic carbocycles. The normalized spacial score (nSPS) is 13.1. The van der Waals surface area contributed by atoms with Crippen LogP contribution in [0, 0.1) is 0 Å². The van der Waals surface area contributed by atoms with E-state index in [1.54, 1.807) is 11.3 Å². The average Bonchev–Trinajstić information content (AvgIpc) is 2.50. The van der Waals surface area contributed by atoms with Crippen LogP contribution in [-0.4, -0.2) is 35.1 Å². The van der Waals surface area contributed by atoms with Gasteiger partial charge in [0.1, 0.15) is 0 Å². The van der Waals surface area contributed by atoms with Crippen LogP contribution in [0.2, 0.25) is 0 Å². The fourth-order valence-corrected chi connectivity index (χ4v) is 2.37. The Balaban J connectivity index is 2.62. The predicted molar refractivity (Wildman–Crippen MR) is 60.2 cm³/mol. The van der Waals surface area contributed by atoms with Crippen LogP contribution in [0.5, 0.6) is 0 Å². The number of nitrogens with zero attached hydrogens (tertiary/aromatic N) is 2. The molecule has 15 heavy (non-hydrogen) atoms. The molecule has 84 valence electrons. The van der Waals surface area contributed by atoms with Gasteiger partial charge in [-0.15, -0.1) is 11.3 Å². The summed E-state index contributed by atoms with van der Waals surface area (Å²) in [5.74, 6) is -0.768. The van der Waals surface area contributed by atoms with Crippen molar-refractivity contribution in [3.8, 4) is 0 Å². The molecule has 0 saturated carbocycles. The lowest BCUT2D eigenvalue weighted by atomic mass is 10.1. The average molecular weight is 228 g/mol. The second-order valence-corrected chi connectivity index (χ2v) is 5.05. The van der Waals surface area contributed by atoms with Gasteiger partial charge in [0, 0.05) is 23.5 Å². The van der Waals surface area contributed by atoms with E-state index in [4.69, 9.17) is 5.11 Å². The first-order valence-electron chi connectivity index (χ1n) is 4.80. The molecule has 0 fully saturated rings. The van der Waals surface area contributed by atoms with Crippen molar-refractivity contribution < 1.29 is 9.90 Å². The van der Waals surface area contributed by atoms with Crippen molar-refractivity contribution in [2.45, 2.75) is 25.8 Å². The van der Waals surface area contributed by atoms with Crippen molar-refractivity contribution >= 4 is 17.3 Å². The number of rotatable bonds is 5. The SMILES string of the molecule is CC(CC(=O)O)c1ncc(CN(C)C)s1. The van der Waals surface area contributed by atoms with Gasteiger partial charge in [-0.05, 0) is 14.1 Å². The van der Waals surface area contributed by atoms with Crippen LogP contribution in [0.3, 0.4) is 0 Å². The minimum atomic E-state index is -0.771. The van der Waals surface area contributed by atoms with Crippen molar-refractivity contribution in [3.05, 3.63) is 16.1 Å². The minimum absolute atomic E-state index is 0.00316. The third kappa shape index (κ3) is 3.97. The number of thiazole rings is 1. The second kappa shape index (κ2) is 5.23. The molecule has 0 radical (unpaired) electrons. The third-order valence-corrected chi connectivity index (χ3v) is 3.16. The van der Waals surface area contributed by atoms with Gasteiger partial charge in [-0.2, -0.15) is 0 Å². The number of hydrogen-bond donors (Lipinski definition) is 1. The molecule has 4 nitrogen and oxygen atoms in total. The maximum Gasteiger partial charge on any atom is 0.304 e. The summed E-state index contributed by atoms with van der Waals surface area (Å²) < 4.78 is 0. The van der Waals surface area contributed by atoms with Gasteiger partial charge in [0.25, 0.3) is 0 Å². The first-order chi connectivity index (χ1) is 6.99. The molecule has 1 aromatic heterocycles. The molecule has 1 rings (SSSR count). The Morgan fingerprint density at radius 2 is 2.33 bits per heavy atom. The molecule has 0 saturated heterocycles. The highest BCUT2D eigenvalue weighted by atomic mass is 32.1. The molecule has 0 aliphatic rings. The van der Waals surface area contributed by atoms with Gasteiger partial charge in [-0.25, -0.2) is 4.98 Å². The molecular formula is C10H16N2O2S. The Bertz CT molecular complexity index is 336. The monoisotopic (exact) mass is 228 g/mol. The molecule has 0 spiro atoms. The standard InChI is InChI=1S/C10H16N2O2S/c1-7(4-9(13)14)10-11-5-8(15-10)6-12(2)3/h5,7H,4,6H2,1-3H3,(H,13,14). The summed E-state index contributed by atoms with van der Waals surface area (Å²) in [5.41, 5.74) is 0. The number of carboxylic acids is 1. The molecule has 0 bridgehead atoms. The molecule has 0 amide bonds. The summed E-state index contributed by atoms with van der Waals surface area (Å²) in [4.78, 5) is 18.0. The lowest BCUT2D eigenvalue weighted by Crippen LogP contribution is -2.09. The van der Waals surface area contributed by atoms with Gasteiger partial charge >= 0.3 is 5.97 Å². The number of aromatic nitrogens is 1. The molecule has 1 atom stereocenters. The fourth-order valence-electron chi connectivity index (χ4n) is 1.28. The lowest BCUT2D eigenvalue weighted by Gasteiger charge is -2.06. The summed E-state index contributed by atoms with van der Waals surface area (Å²) in [6, 6.07) is 0. The highest BCUT2D eigenvalue weighted by molar-refractivity contribution is 7.11. The van der Waals surface area contributed by atoms with E-state index in [0.717, 1.165) is 11.6 Å². The summed E-state index contributed by atoms with van der Waals surface area (Å²) >= 11 is 1.60. The van der Waals surface area contributed by atoms with E-state index in [9.17, 15) is 4.79 Å². The molecule has 1 aromatic rings. The molecule has 0 aliphatic heterocycles. The fraction of sp³-hybridized carbons (Fsp3) is 0.600. The van der Waals surface area contributed by atoms with Gasteiger partial charge in [0.2, 0.25) is 0 Å². The zero-order chi connectivity index (χ0) is 11.4. The number of aliphatic carboxylic acids is 1. The first-order valence-corrected chi connectivity index (χ1v) is 5.61. The van der Waals surface area contributed by atoms with Crippen LogP contribution in [0.1, 0.15) is 29.1 Å². The van der Waals surface area contributed by atoms with Crippen molar-refractivity contribution in [1.82, 2.24) is 9.88 Å². The summed E-state index contributed by atoms with van der Waals surface area (Å²) in [6.07, 6.45) is 1.98. The van der Waals surface area contributed by atoms with Crippen LogP contribution < -0.4 is 0 Å². The number of carbonyl (C=O) groups is 1. The molecule has 1 heterocycles. The molecular weight excluding hydrogens is 212 g/mol. The Morgan fingerprint density at radius 3 is 2.87 bits per heavy atom. The zero-order valence-electron chi connectivity index (χ0n) is 9.23. The van der Waals surface area contributed by atoms with E-state index in [1.165, 1.54) is 4.88 Å². The first kappa shape index (κ1) is 12.1. The van der Waals surface area contributed by atoms with Gasteiger partial charge in [0.15, 0.2) is 0 Å².